The van der Waals surface area contributed by atoms with E-state index in [0.29, 0.717) is 29.8 Å². The van der Waals surface area contributed by atoms with Crippen LogP contribution in [-0.2, 0) is 14.6 Å². The van der Waals surface area contributed by atoms with Crippen LogP contribution in [0.3, 0.4) is 0 Å². The number of rotatable bonds is 10. The van der Waals surface area contributed by atoms with Crippen LogP contribution in [0, 0.1) is 6.92 Å². The molecule has 0 saturated carbocycles. The summed E-state index contributed by atoms with van der Waals surface area (Å²) in [5, 5.41) is 11.1. The molecular weight excluding hydrogens is 542 g/mol. The van der Waals surface area contributed by atoms with Gasteiger partial charge in [-0.2, -0.15) is 0 Å². The number of hydrogen-bond acceptors (Lipinski definition) is 9. The van der Waals surface area contributed by atoms with Gasteiger partial charge in [0, 0.05) is 17.5 Å². The molecule has 11 nitrogen and oxygen atoms in total. The summed E-state index contributed by atoms with van der Waals surface area (Å²) >= 11 is 0. The van der Waals surface area contributed by atoms with E-state index >= 15 is 0 Å². The lowest BCUT2D eigenvalue weighted by molar-refractivity contribution is -0.119. The number of sulfone groups is 1. The van der Waals surface area contributed by atoms with Crippen molar-refractivity contribution < 1.29 is 17.9 Å². The number of anilines is 3. The number of ether oxygens (including phenoxy) is 1. The highest BCUT2D eigenvalue weighted by molar-refractivity contribution is 7.90. The number of nitrogens with two attached hydrogens (primary N) is 1. The van der Waals surface area contributed by atoms with Crippen LogP contribution in [0.4, 0.5) is 17.3 Å². The zero-order chi connectivity index (χ0) is 29.1. The quantitative estimate of drug-likeness (QED) is 0.258. The van der Waals surface area contributed by atoms with Gasteiger partial charge in [0.25, 0.3) is 0 Å². The number of aryl methyl sites for hydroxylation is 1. The zero-order valence-electron chi connectivity index (χ0n) is 23.4. The number of amides is 1. The molecule has 0 bridgehead atoms. The molecule has 1 amide bonds. The van der Waals surface area contributed by atoms with Crippen molar-refractivity contribution in [1.29, 1.82) is 0 Å². The Morgan fingerprint density at radius 2 is 1.88 bits per heavy atom. The summed E-state index contributed by atoms with van der Waals surface area (Å²) in [5.41, 5.74) is 11.4. The number of primary amides is 1. The van der Waals surface area contributed by atoms with Crippen LogP contribution in [0.25, 0.3) is 16.8 Å². The van der Waals surface area contributed by atoms with Gasteiger partial charge in [-0.05, 0) is 74.2 Å². The van der Waals surface area contributed by atoms with E-state index in [0.717, 1.165) is 54.0 Å². The third kappa shape index (κ3) is 6.60. The second-order valence-corrected chi connectivity index (χ2v) is 12.6. The molecule has 1 aliphatic heterocycles. The predicted octanol–water partition coefficient (Wildman–Crippen LogP) is 3.54. The summed E-state index contributed by atoms with van der Waals surface area (Å²) in [4.78, 5) is 17.9. The molecule has 3 heterocycles. The number of fused-ring (bicyclic) bond motifs is 1. The molecule has 0 unspecified atom stereocenters. The Morgan fingerprint density at radius 1 is 1.12 bits per heavy atom. The molecule has 0 atom stereocenters. The lowest BCUT2D eigenvalue weighted by atomic mass is 9.89. The van der Waals surface area contributed by atoms with Crippen molar-refractivity contribution in [2.45, 2.75) is 25.7 Å². The molecule has 1 saturated heterocycles. The van der Waals surface area contributed by atoms with E-state index in [9.17, 15) is 13.2 Å². The van der Waals surface area contributed by atoms with Gasteiger partial charge in [-0.15, -0.1) is 5.10 Å². The van der Waals surface area contributed by atoms with Gasteiger partial charge in [-0.25, -0.2) is 17.9 Å². The maximum atomic E-state index is 11.8. The van der Waals surface area contributed by atoms with Crippen LogP contribution in [0.1, 0.15) is 29.9 Å². The lowest BCUT2D eigenvalue weighted by Crippen LogP contribution is -2.39. The number of nitrogens with zero attached hydrogens (tertiary/aromatic N) is 4. The highest BCUT2D eigenvalue weighted by Crippen LogP contribution is 2.35. The number of piperidine rings is 1. The lowest BCUT2D eigenvalue weighted by Gasteiger charge is -2.31. The van der Waals surface area contributed by atoms with Crippen LogP contribution in [-0.4, -0.2) is 72.7 Å². The Hall–Kier alpha value is -4.16. The van der Waals surface area contributed by atoms with Crippen LogP contribution in [0.5, 0.6) is 5.75 Å². The highest BCUT2D eigenvalue weighted by atomic mass is 32.2. The van der Waals surface area contributed by atoms with E-state index in [-0.39, 0.29) is 11.8 Å². The average Bonchev–Trinajstić information content (AvgIpc) is 3.27. The molecule has 41 heavy (non-hydrogen) atoms. The Labute approximate surface area is 239 Å². The molecule has 1 aliphatic rings. The minimum absolute atomic E-state index is 0.170. The number of carbonyl (C=O) groups is 1. The van der Waals surface area contributed by atoms with Gasteiger partial charge in [0.2, 0.25) is 11.9 Å². The van der Waals surface area contributed by atoms with E-state index in [1.165, 1.54) is 11.8 Å². The number of carbonyl (C=O) groups excluding carboxylic acids is 1. The van der Waals surface area contributed by atoms with Crippen molar-refractivity contribution in [3.05, 3.63) is 65.9 Å². The van der Waals surface area contributed by atoms with Crippen molar-refractivity contribution in [1.82, 2.24) is 19.5 Å². The first-order chi connectivity index (χ1) is 19.6. The normalized spacial score (nSPS) is 14.7. The number of hydrogen-bond donors (Lipinski definition) is 3. The second kappa shape index (κ2) is 11.8. The van der Waals surface area contributed by atoms with Gasteiger partial charge in [0.1, 0.15) is 11.6 Å². The second-order valence-electron chi connectivity index (χ2n) is 10.5. The van der Waals surface area contributed by atoms with Crippen molar-refractivity contribution >= 4 is 38.6 Å². The fourth-order valence-electron chi connectivity index (χ4n) is 5.29. The Bertz CT molecular complexity index is 1680. The number of likely N-dealkylation sites (tertiary alicyclic amines) is 1. The molecule has 1 fully saturated rings. The Balaban J connectivity index is 1.40. The molecule has 0 aliphatic carbocycles. The summed E-state index contributed by atoms with van der Waals surface area (Å²) in [5.74, 6) is 0.982. The molecule has 0 spiro atoms. The number of methoxy groups -OCH3 is 1. The third-order valence-corrected chi connectivity index (χ3v) is 8.02. The number of para-hydroxylation sites is 1. The molecule has 216 valence electrons. The van der Waals surface area contributed by atoms with E-state index in [1.54, 1.807) is 13.3 Å². The number of aromatic nitrogens is 3. The molecule has 5 rings (SSSR count). The molecule has 2 aromatic carbocycles. The van der Waals surface area contributed by atoms with Crippen LogP contribution in [0.2, 0.25) is 0 Å². The first-order valence-corrected chi connectivity index (χ1v) is 15.5. The monoisotopic (exact) mass is 577 g/mol. The fourth-order valence-corrected chi connectivity index (χ4v) is 5.71. The minimum atomic E-state index is -3.21. The number of benzene rings is 2. The average molecular weight is 578 g/mol. The van der Waals surface area contributed by atoms with Crippen LogP contribution < -0.4 is 21.1 Å². The van der Waals surface area contributed by atoms with E-state index in [2.05, 4.69) is 26.6 Å². The van der Waals surface area contributed by atoms with Gasteiger partial charge >= 0.3 is 0 Å². The molecule has 0 radical (unpaired) electrons. The molecule has 4 aromatic rings. The number of nitrogens with one attached hydrogen (secondary N) is 2. The van der Waals surface area contributed by atoms with Crippen molar-refractivity contribution in [3.8, 4) is 17.0 Å². The van der Waals surface area contributed by atoms with Gasteiger partial charge in [0.05, 0.1) is 36.7 Å². The maximum Gasteiger partial charge on any atom is 0.245 e. The predicted molar refractivity (Wildman–Crippen MR) is 160 cm³/mol. The molecule has 2 aromatic heterocycles. The van der Waals surface area contributed by atoms with E-state index in [1.807, 2.05) is 53.9 Å². The molecule has 12 heteroatoms. The maximum absolute atomic E-state index is 11.8. The topological polar surface area (TPSA) is 144 Å². The standard InChI is InChI=1S/C29H35N7O4S/c1-19-14-25(22-6-4-5-7-23(22)32-18-41(3,38)39)36-26(19)16-31-29(34-36)33-24-9-8-21(15-27(24)40-2)20-10-12-35(13-11-20)17-28(30)37/h4-9,14-16,20,32H,10-13,17-18H2,1-3H3,(H2,30,37)(H,33,34). The molecule has 4 N–H and O–H groups in total. The summed E-state index contributed by atoms with van der Waals surface area (Å²) in [6.45, 7) is 3.95. The fraction of sp³-hybridized carbons (Fsp3) is 0.345. The van der Waals surface area contributed by atoms with Gasteiger partial charge in [0.15, 0.2) is 9.84 Å². The van der Waals surface area contributed by atoms with Gasteiger partial charge < -0.3 is 21.1 Å². The molecular formula is C29H35N7O4S. The Kier molecular flexibility index (Phi) is 8.13. The highest BCUT2D eigenvalue weighted by Gasteiger charge is 2.23. The first kappa shape index (κ1) is 28.4. The van der Waals surface area contributed by atoms with Crippen LogP contribution in [0.15, 0.2) is 54.7 Å². The van der Waals surface area contributed by atoms with Gasteiger partial charge in [-0.3, -0.25) is 9.69 Å². The summed E-state index contributed by atoms with van der Waals surface area (Å²) in [6, 6.07) is 15.7. The SMILES string of the molecule is COc1cc(C2CCN(CC(N)=O)CC2)ccc1Nc1ncc2c(C)cc(-c3ccccc3NCS(C)(=O)=O)n2n1. The van der Waals surface area contributed by atoms with E-state index < -0.39 is 9.84 Å². The smallest absolute Gasteiger partial charge is 0.245 e. The summed E-state index contributed by atoms with van der Waals surface area (Å²) in [7, 11) is -1.57. The summed E-state index contributed by atoms with van der Waals surface area (Å²) in [6.07, 6.45) is 4.85. The van der Waals surface area contributed by atoms with Gasteiger partial charge in [-0.1, -0.05) is 24.3 Å². The minimum Gasteiger partial charge on any atom is -0.495 e. The van der Waals surface area contributed by atoms with Crippen molar-refractivity contribution in [2.75, 3.05) is 49.5 Å². The first-order valence-electron chi connectivity index (χ1n) is 13.4. The largest absolute Gasteiger partial charge is 0.495 e. The van der Waals surface area contributed by atoms with Crippen LogP contribution >= 0.6 is 0 Å². The van der Waals surface area contributed by atoms with Crippen molar-refractivity contribution in [2.24, 2.45) is 5.73 Å². The zero-order valence-corrected chi connectivity index (χ0v) is 24.2. The Morgan fingerprint density at radius 3 is 2.59 bits per heavy atom. The summed E-state index contributed by atoms with van der Waals surface area (Å²) < 4.78 is 31.1. The van der Waals surface area contributed by atoms with Crippen molar-refractivity contribution in [3.63, 3.8) is 0 Å². The van der Waals surface area contributed by atoms with E-state index in [4.69, 9.17) is 15.6 Å². The third-order valence-electron chi connectivity index (χ3n) is 7.36.